The third kappa shape index (κ3) is 3.20. The van der Waals surface area contributed by atoms with E-state index < -0.39 is 38.1 Å². The van der Waals surface area contributed by atoms with Crippen LogP contribution in [0.25, 0.3) is 0 Å². The fourth-order valence-corrected chi connectivity index (χ4v) is 3.58. The second-order valence-electron chi connectivity index (χ2n) is 4.68. The molecule has 2 N–H and O–H groups in total. The van der Waals surface area contributed by atoms with Gasteiger partial charge in [0, 0.05) is 26.1 Å². The topological polar surface area (TPSA) is 92.7 Å². The van der Waals surface area contributed by atoms with Gasteiger partial charge in [0.05, 0.1) is 0 Å². The second kappa shape index (κ2) is 5.66. The zero-order valence-electron chi connectivity index (χ0n) is 10.8. The molecule has 0 bridgehead atoms. The maximum absolute atomic E-state index is 13.6. The van der Waals surface area contributed by atoms with Crippen LogP contribution < -0.4 is 4.72 Å². The van der Waals surface area contributed by atoms with Crippen molar-refractivity contribution < 1.29 is 31.8 Å². The van der Waals surface area contributed by atoms with Crippen LogP contribution in [-0.2, 0) is 19.6 Å². The summed E-state index contributed by atoms with van der Waals surface area (Å²) in [5, 5.41) is 9.27. The number of carbonyl (C=O) groups is 1. The number of hydrogen-bond donors (Lipinski definition) is 2. The molecule has 1 heterocycles. The van der Waals surface area contributed by atoms with Crippen LogP contribution in [0.2, 0.25) is 0 Å². The van der Waals surface area contributed by atoms with Crippen LogP contribution in [0.4, 0.5) is 8.78 Å². The van der Waals surface area contributed by atoms with E-state index in [1.165, 1.54) is 0 Å². The van der Waals surface area contributed by atoms with Crippen molar-refractivity contribution >= 4 is 16.0 Å². The van der Waals surface area contributed by atoms with Gasteiger partial charge in [-0.2, -0.15) is 4.72 Å². The number of hydrogen-bond acceptors (Lipinski definition) is 4. The number of rotatable bonds is 4. The van der Waals surface area contributed by atoms with Gasteiger partial charge in [0.2, 0.25) is 10.0 Å². The maximum atomic E-state index is 13.6. The molecule has 116 valence electrons. The molecule has 0 aliphatic carbocycles. The number of sulfonamides is 1. The molecule has 2 rings (SSSR count). The van der Waals surface area contributed by atoms with Crippen LogP contribution in [0.15, 0.2) is 23.1 Å². The summed E-state index contributed by atoms with van der Waals surface area (Å²) in [6, 6.07) is 1.95. The molecule has 6 nitrogen and oxygen atoms in total. The molecule has 0 spiro atoms. The van der Waals surface area contributed by atoms with Crippen molar-refractivity contribution in [2.24, 2.45) is 0 Å². The van der Waals surface area contributed by atoms with E-state index in [1.807, 2.05) is 4.72 Å². The summed E-state index contributed by atoms with van der Waals surface area (Å²) in [6.07, 6.45) is -0.197. The lowest BCUT2D eigenvalue weighted by molar-refractivity contribution is -0.147. The standard InChI is InChI=1S/C12H13F2NO5S/c13-8-1-2-9(14)10(7-8)21(18,19)15-12(11(16)17)3-5-20-6-4-12/h1-2,7,15H,3-6H2,(H,16,17). The highest BCUT2D eigenvalue weighted by atomic mass is 32.2. The second-order valence-corrected chi connectivity index (χ2v) is 6.33. The summed E-state index contributed by atoms with van der Waals surface area (Å²) in [4.78, 5) is 10.5. The van der Waals surface area contributed by atoms with E-state index in [9.17, 15) is 27.1 Å². The van der Waals surface area contributed by atoms with E-state index in [-0.39, 0.29) is 26.1 Å². The molecular formula is C12H13F2NO5S. The summed E-state index contributed by atoms with van der Waals surface area (Å²) in [6.45, 7) is 0.112. The third-order valence-electron chi connectivity index (χ3n) is 3.27. The lowest BCUT2D eigenvalue weighted by Gasteiger charge is -2.33. The number of ether oxygens (including phenoxy) is 1. The van der Waals surface area contributed by atoms with Gasteiger partial charge in [-0.3, -0.25) is 4.79 Å². The molecule has 0 saturated carbocycles. The SMILES string of the molecule is O=C(O)C1(NS(=O)(=O)c2cc(F)ccc2F)CCOCC1. The van der Waals surface area contributed by atoms with Gasteiger partial charge in [-0.1, -0.05) is 0 Å². The molecule has 1 aliphatic rings. The maximum Gasteiger partial charge on any atom is 0.325 e. The van der Waals surface area contributed by atoms with E-state index in [4.69, 9.17) is 4.74 Å². The van der Waals surface area contributed by atoms with Gasteiger partial charge in [-0.05, 0) is 18.2 Å². The highest BCUT2D eigenvalue weighted by Gasteiger charge is 2.44. The first-order valence-corrected chi connectivity index (χ1v) is 7.55. The van der Waals surface area contributed by atoms with Crippen LogP contribution in [0, 0.1) is 11.6 Å². The molecule has 0 atom stereocenters. The minimum Gasteiger partial charge on any atom is -0.480 e. The Bertz CT molecular complexity index is 656. The number of carboxylic acid groups (broad SMARTS) is 1. The highest BCUT2D eigenvalue weighted by Crippen LogP contribution is 2.25. The van der Waals surface area contributed by atoms with Crippen molar-refractivity contribution in [3.05, 3.63) is 29.8 Å². The molecule has 21 heavy (non-hydrogen) atoms. The minimum absolute atomic E-state index is 0.0560. The molecule has 0 amide bonds. The Hall–Kier alpha value is -1.58. The van der Waals surface area contributed by atoms with E-state index in [0.717, 1.165) is 6.07 Å². The predicted molar refractivity (Wildman–Crippen MR) is 67.1 cm³/mol. The lowest BCUT2D eigenvalue weighted by Crippen LogP contribution is -2.57. The zero-order valence-corrected chi connectivity index (χ0v) is 11.6. The highest BCUT2D eigenvalue weighted by molar-refractivity contribution is 7.89. The summed E-state index contributed by atoms with van der Waals surface area (Å²) < 4.78 is 58.0. The number of nitrogens with one attached hydrogen (secondary N) is 1. The van der Waals surface area contributed by atoms with Gasteiger partial charge in [0.25, 0.3) is 0 Å². The molecular weight excluding hydrogens is 308 g/mol. The molecule has 1 aliphatic heterocycles. The van der Waals surface area contributed by atoms with Gasteiger partial charge in [0.1, 0.15) is 22.1 Å². The van der Waals surface area contributed by atoms with Crippen molar-refractivity contribution in [2.45, 2.75) is 23.3 Å². The first-order chi connectivity index (χ1) is 9.77. The Morgan fingerprint density at radius 3 is 2.48 bits per heavy atom. The molecule has 0 radical (unpaired) electrons. The Balaban J connectivity index is 2.39. The van der Waals surface area contributed by atoms with Crippen molar-refractivity contribution in [2.75, 3.05) is 13.2 Å². The zero-order chi connectivity index (χ0) is 15.7. The van der Waals surface area contributed by atoms with E-state index in [1.54, 1.807) is 0 Å². The quantitative estimate of drug-likeness (QED) is 0.859. The fourth-order valence-electron chi connectivity index (χ4n) is 2.07. The molecule has 1 aromatic carbocycles. The largest absolute Gasteiger partial charge is 0.480 e. The van der Waals surface area contributed by atoms with Crippen LogP contribution in [-0.4, -0.2) is 38.2 Å². The average molecular weight is 321 g/mol. The average Bonchev–Trinajstić information content (AvgIpc) is 2.42. The first kappa shape index (κ1) is 15.8. The molecule has 1 fully saturated rings. The molecule has 1 aromatic rings. The summed E-state index contributed by atoms with van der Waals surface area (Å²) >= 11 is 0. The summed E-state index contributed by atoms with van der Waals surface area (Å²) in [5.74, 6) is -3.48. The van der Waals surface area contributed by atoms with Gasteiger partial charge >= 0.3 is 5.97 Å². The van der Waals surface area contributed by atoms with Gasteiger partial charge in [-0.15, -0.1) is 0 Å². The number of carboxylic acids is 1. The van der Waals surface area contributed by atoms with E-state index in [2.05, 4.69) is 0 Å². The number of benzene rings is 1. The third-order valence-corrected chi connectivity index (χ3v) is 4.82. The summed E-state index contributed by atoms with van der Waals surface area (Å²) in [7, 11) is -4.52. The van der Waals surface area contributed by atoms with Gasteiger partial charge < -0.3 is 9.84 Å². The predicted octanol–water partition coefficient (Wildman–Crippen LogP) is 0.877. The van der Waals surface area contributed by atoms with Crippen LogP contribution >= 0.6 is 0 Å². The van der Waals surface area contributed by atoms with Crippen molar-refractivity contribution in [3.63, 3.8) is 0 Å². The molecule has 1 saturated heterocycles. The number of aliphatic carboxylic acids is 1. The van der Waals surface area contributed by atoms with Crippen LogP contribution in [0.3, 0.4) is 0 Å². The van der Waals surface area contributed by atoms with Crippen LogP contribution in [0.1, 0.15) is 12.8 Å². The molecule has 0 unspecified atom stereocenters. The Morgan fingerprint density at radius 2 is 1.90 bits per heavy atom. The van der Waals surface area contributed by atoms with E-state index >= 15 is 0 Å². The Labute approximate surface area is 119 Å². The lowest BCUT2D eigenvalue weighted by atomic mass is 9.92. The normalized spacial score (nSPS) is 18.4. The van der Waals surface area contributed by atoms with E-state index in [0.29, 0.717) is 12.1 Å². The molecule has 9 heteroatoms. The fraction of sp³-hybridized carbons (Fsp3) is 0.417. The van der Waals surface area contributed by atoms with Gasteiger partial charge in [-0.25, -0.2) is 17.2 Å². The van der Waals surface area contributed by atoms with Gasteiger partial charge in [0.15, 0.2) is 0 Å². The minimum atomic E-state index is -4.52. The Morgan fingerprint density at radius 1 is 1.29 bits per heavy atom. The summed E-state index contributed by atoms with van der Waals surface area (Å²) in [5.41, 5.74) is -1.78. The molecule has 0 aromatic heterocycles. The first-order valence-electron chi connectivity index (χ1n) is 6.07. The van der Waals surface area contributed by atoms with Crippen molar-refractivity contribution in [1.82, 2.24) is 4.72 Å². The monoisotopic (exact) mass is 321 g/mol. The smallest absolute Gasteiger partial charge is 0.325 e. The number of halogens is 2. The van der Waals surface area contributed by atoms with Crippen molar-refractivity contribution in [1.29, 1.82) is 0 Å². The Kier molecular flexibility index (Phi) is 4.26. The van der Waals surface area contributed by atoms with Crippen LogP contribution in [0.5, 0.6) is 0 Å². The van der Waals surface area contributed by atoms with Crippen molar-refractivity contribution in [3.8, 4) is 0 Å².